The van der Waals surface area contributed by atoms with Gasteiger partial charge in [0.05, 0.1) is 10.8 Å². The largest absolute Gasteiger partial charge is 0.393 e. The van der Waals surface area contributed by atoms with Crippen molar-refractivity contribution in [3.63, 3.8) is 0 Å². The number of carbonyl (C=O) groups excluding carboxylic acids is 1. The highest BCUT2D eigenvalue weighted by Gasteiger charge is 2.19. The molecule has 1 atom stereocenters. The molecule has 1 amide bonds. The van der Waals surface area contributed by atoms with E-state index in [1.54, 1.807) is 36.4 Å². The van der Waals surface area contributed by atoms with E-state index in [2.05, 4.69) is 5.32 Å². The lowest BCUT2D eigenvalue weighted by molar-refractivity contribution is -0.112. The molecule has 0 saturated heterocycles. The number of nitrogens with two attached hydrogens (primary N) is 2. The van der Waals surface area contributed by atoms with Gasteiger partial charge in [-0.3, -0.25) is 9.93 Å². The first-order valence-electron chi connectivity index (χ1n) is 6.84. The smallest absolute Gasteiger partial charge is 0.273 e. The molecule has 0 spiro atoms. The van der Waals surface area contributed by atoms with Crippen LogP contribution in [-0.4, -0.2) is 10.1 Å². The normalized spacial score (nSPS) is 13.1. The van der Waals surface area contributed by atoms with E-state index in [0.29, 0.717) is 27.6 Å². The molecule has 8 heteroatoms. The molecule has 1 unspecified atom stereocenters. The molecule has 0 saturated carbocycles. The van der Waals surface area contributed by atoms with Crippen molar-refractivity contribution in [1.29, 1.82) is 0 Å². The monoisotopic (exact) mass is 381 g/mol. The van der Waals surface area contributed by atoms with Crippen LogP contribution >= 0.6 is 23.5 Å². The Balaban J connectivity index is 2.24. The van der Waals surface area contributed by atoms with Crippen LogP contribution in [0.25, 0.3) is 0 Å². The Bertz CT molecular complexity index is 790. The second-order valence-electron chi connectivity index (χ2n) is 4.86. The molecule has 2 aromatic carbocycles. The van der Waals surface area contributed by atoms with Gasteiger partial charge in [-0.25, -0.2) is 4.21 Å². The Morgan fingerprint density at radius 2 is 1.71 bits per heavy atom. The Morgan fingerprint density at radius 1 is 1.12 bits per heavy atom. The van der Waals surface area contributed by atoms with Crippen LogP contribution in [0, 0.1) is 6.92 Å². The van der Waals surface area contributed by atoms with Crippen LogP contribution in [0.2, 0.25) is 5.02 Å². The summed E-state index contributed by atoms with van der Waals surface area (Å²) in [5.74, 6) is -0.561. The van der Waals surface area contributed by atoms with Crippen LogP contribution in [0.15, 0.2) is 63.4 Å². The minimum Gasteiger partial charge on any atom is -0.393 e. The van der Waals surface area contributed by atoms with E-state index in [4.69, 9.17) is 22.5 Å². The van der Waals surface area contributed by atoms with Crippen LogP contribution in [0.3, 0.4) is 0 Å². The molecule has 0 aromatic heterocycles. The van der Waals surface area contributed by atoms with E-state index < -0.39 is 16.7 Å². The first-order valence-corrected chi connectivity index (χ1v) is 9.25. The zero-order chi connectivity index (χ0) is 17.7. The molecule has 24 heavy (non-hydrogen) atoms. The van der Waals surface area contributed by atoms with E-state index >= 15 is 0 Å². The van der Waals surface area contributed by atoms with Crippen molar-refractivity contribution in [2.75, 3.05) is 5.32 Å². The summed E-state index contributed by atoms with van der Waals surface area (Å²) in [5.41, 5.74) is 7.34. The average molecular weight is 382 g/mol. The van der Waals surface area contributed by atoms with E-state index in [-0.39, 0.29) is 9.93 Å². The number of aryl methyl sites for hydroxylation is 1. The molecule has 2 rings (SSSR count). The van der Waals surface area contributed by atoms with Crippen LogP contribution < -0.4 is 16.2 Å². The van der Waals surface area contributed by atoms with Gasteiger partial charge in [0.2, 0.25) is 0 Å². The lowest BCUT2D eigenvalue weighted by atomic mass is 10.2. The van der Waals surface area contributed by atoms with Crippen LogP contribution in [0.5, 0.6) is 0 Å². The Kier molecular flexibility index (Phi) is 6.44. The molecule has 0 aliphatic carbocycles. The maximum Gasteiger partial charge on any atom is 0.273 e. The van der Waals surface area contributed by atoms with Crippen molar-refractivity contribution in [2.24, 2.45) is 10.9 Å². The zero-order valence-corrected chi connectivity index (χ0v) is 15.2. The molecular weight excluding hydrogens is 366 g/mol. The number of anilines is 1. The maximum absolute atomic E-state index is 12.6. The number of hydrogen-bond donors (Lipinski definition) is 3. The minimum atomic E-state index is -1.67. The lowest BCUT2D eigenvalue weighted by Crippen LogP contribution is -2.23. The van der Waals surface area contributed by atoms with Crippen molar-refractivity contribution in [3.05, 3.63) is 69.1 Å². The van der Waals surface area contributed by atoms with Crippen LogP contribution in [-0.2, 0) is 15.6 Å². The Morgan fingerprint density at radius 3 is 2.25 bits per heavy atom. The van der Waals surface area contributed by atoms with Gasteiger partial charge in [-0.2, -0.15) is 0 Å². The van der Waals surface area contributed by atoms with Gasteiger partial charge < -0.3 is 11.1 Å². The zero-order valence-electron chi connectivity index (χ0n) is 12.8. The predicted octanol–water partition coefficient (Wildman–Crippen LogP) is 3.13. The number of benzene rings is 2. The number of hydrogen-bond acceptors (Lipinski definition) is 5. The molecule has 0 fully saturated rings. The quantitative estimate of drug-likeness (QED) is 0.546. The highest BCUT2D eigenvalue weighted by Crippen LogP contribution is 2.24. The highest BCUT2D eigenvalue weighted by molar-refractivity contribution is 8.15. The van der Waals surface area contributed by atoms with E-state index in [1.807, 2.05) is 19.1 Å². The summed E-state index contributed by atoms with van der Waals surface area (Å²) in [6.45, 7) is 1.94. The molecule has 5 N–H and O–H groups in total. The van der Waals surface area contributed by atoms with E-state index in [1.165, 1.54) is 0 Å². The standard InChI is InChI=1S/C16H16ClN3O2S2/c1-10-2-6-12(7-3-10)20-15(21)14(18)16(23-19)24(22)13-8-4-11(17)5-9-13/h2-9H,18-19H2,1H3,(H,20,21)/b16-14+. The van der Waals surface area contributed by atoms with Gasteiger partial charge in [0.25, 0.3) is 5.91 Å². The number of halogens is 1. The van der Waals surface area contributed by atoms with Crippen LogP contribution in [0.1, 0.15) is 5.56 Å². The fourth-order valence-electron chi connectivity index (χ4n) is 1.80. The second kappa shape index (κ2) is 8.34. The van der Waals surface area contributed by atoms with Gasteiger partial charge in [-0.15, -0.1) is 0 Å². The molecule has 0 aliphatic heterocycles. The Hall–Kier alpha value is -1.80. The molecule has 2 aromatic rings. The predicted molar refractivity (Wildman–Crippen MR) is 101 cm³/mol. The molecule has 5 nitrogen and oxygen atoms in total. The number of carbonyl (C=O) groups is 1. The fraction of sp³-hybridized carbons (Fsp3) is 0.0625. The molecule has 126 valence electrons. The van der Waals surface area contributed by atoms with Gasteiger partial charge in [-0.05, 0) is 55.3 Å². The van der Waals surface area contributed by atoms with Gasteiger partial charge >= 0.3 is 0 Å². The van der Waals surface area contributed by atoms with E-state index in [0.717, 1.165) is 5.56 Å². The summed E-state index contributed by atoms with van der Waals surface area (Å²) >= 11 is 6.50. The Labute approximate surface area is 152 Å². The third-order valence-corrected chi connectivity index (χ3v) is 5.76. The third kappa shape index (κ3) is 4.61. The molecule has 0 heterocycles. The SMILES string of the molecule is Cc1ccc(NC(=O)/C(N)=C(/SN)S(=O)c2ccc(Cl)cc2)cc1. The molecule has 0 bridgehead atoms. The number of amides is 1. The summed E-state index contributed by atoms with van der Waals surface area (Å²) in [6, 6.07) is 13.6. The molecule has 0 aliphatic rings. The van der Waals surface area contributed by atoms with Gasteiger partial charge in [0, 0.05) is 15.6 Å². The summed E-state index contributed by atoms with van der Waals surface area (Å²) in [7, 11) is -1.67. The van der Waals surface area contributed by atoms with E-state index in [9.17, 15) is 9.00 Å². The first kappa shape index (κ1) is 18.5. The molecular formula is C16H16ClN3O2S2. The summed E-state index contributed by atoms with van der Waals surface area (Å²) in [5, 5.41) is 8.75. The molecule has 0 radical (unpaired) electrons. The van der Waals surface area contributed by atoms with Crippen LogP contribution in [0.4, 0.5) is 5.69 Å². The number of nitrogens with one attached hydrogen (secondary N) is 1. The third-order valence-electron chi connectivity index (χ3n) is 3.08. The first-order chi connectivity index (χ1) is 11.4. The van der Waals surface area contributed by atoms with Crippen molar-refractivity contribution < 1.29 is 9.00 Å². The fourth-order valence-corrected chi connectivity index (χ4v) is 3.67. The second-order valence-corrected chi connectivity index (χ2v) is 7.62. The topological polar surface area (TPSA) is 98.2 Å². The number of rotatable bonds is 5. The summed E-state index contributed by atoms with van der Waals surface area (Å²) in [4.78, 5) is 12.7. The minimum absolute atomic E-state index is 0.0851. The highest BCUT2D eigenvalue weighted by atomic mass is 35.5. The van der Waals surface area contributed by atoms with Gasteiger partial charge in [0.15, 0.2) is 0 Å². The van der Waals surface area contributed by atoms with Crippen molar-refractivity contribution in [2.45, 2.75) is 11.8 Å². The average Bonchev–Trinajstić information content (AvgIpc) is 2.58. The van der Waals surface area contributed by atoms with Gasteiger partial charge in [-0.1, -0.05) is 29.3 Å². The summed E-state index contributed by atoms with van der Waals surface area (Å²) in [6.07, 6.45) is 0. The lowest BCUT2D eigenvalue weighted by Gasteiger charge is -2.10. The maximum atomic E-state index is 12.6. The van der Waals surface area contributed by atoms with Crippen molar-refractivity contribution >= 4 is 45.9 Å². The summed E-state index contributed by atoms with van der Waals surface area (Å²) < 4.78 is 12.7. The van der Waals surface area contributed by atoms with Crippen molar-refractivity contribution in [1.82, 2.24) is 0 Å². The van der Waals surface area contributed by atoms with Crippen molar-refractivity contribution in [3.8, 4) is 0 Å². The van der Waals surface area contributed by atoms with Gasteiger partial charge in [0.1, 0.15) is 9.93 Å².